The SMILES string of the molecule is C#CC(=O)Nc1cc(-c2cnc3[nH]ccc3c2)ccc1P. The summed E-state index contributed by atoms with van der Waals surface area (Å²) in [6.07, 6.45) is 8.74. The molecule has 3 aromatic rings. The predicted octanol–water partition coefficient (Wildman–Crippen LogP) is 2.30. The zero-order valence-electron chi connectivity index (χ0n) is 11.1. The van der Waals surface area contributed by atoms with Crippen LogP contribution in [0.4, 0.5) is 5.69 Å². The fraction of sp³-hybridized carbons (Fsp3) is 0. The summed E-state index contributed by atoms with van der Waals surface area (Å²) in [5.41, 5.74) is 3.46. The fourth-order valence-electron chi connectivity index (χ4n) is 2.10. The summed E-state index contributed by atoms with van der Waals surface area (Å²) in [7, 11) is 2.57. The highest BCUT2D eigenvalue weighted by molar-refractivity contribution is 7.28. The van der Waals surface area contributed by atoms with Crippen LogP contribution in [0.5, 0.6) is 0 Å². The van der Waals surface area contributed by atoms with E-state index in [9.17, 15) is 4.79 Å². The van der Waals surface area contributed by atoms with Crippen LogP contribution in [0.1, 0.15) is 0 Å². The first-order valence-electron chi connectivity index (χ1n) is 6.28. The van der Waals surface area contributed by atoms with Gasteiger partial charge in [0.25, 0.3) is 5.91 Å². The summed E-state index contributed by atoms with van der Waals surface area (Å²) >= 11 is 0. The Morgan fingerprint density at radius 1 is 1.29 bits per heavy atom. The van der Waals surface area contributed by atoms with Crippen molar-refractivity contribution in [2.45, 2.75) is 0 Å². The maximum atomic E-state index is 11.3. The Morgan fingerprint density at radius 3 is 2.95 bits per heavy atom. The molecule has 0 saturated carbocycles. The van der Waals surface area contributed by atoms with Crippen LogP contribution in [0.3, 0.4) is 0 Å². The van der Waals surface area contributed by atoms with Gasteiger partial charge in [0.2, 0.25) is 0 Å². The van der Waals surface area contributed by atoms with E-state index in [1.165, 1.54) is 0 Å². The maximum Gasteiger partial charge on any atom is 0.300 e. The summed E-state index contributed by atoms with van der Waals surface area (Å²) in [6, 6.07) is 9.78. The number of anilines is 1. The van der Waals surface area contributed by atoms with Crippen molar-refractivity contribution in [3.63, 3.8) is 0 Å². The van der Waals surface area contributed by atoms with E-state index in [0.29, 0.717) is 5.69 Å². The normalized spacial score (nSPS) is 10.3. The van der Waals surface area contributed by atoms with E-state index in [2.05, 4.69) is 24.5 Å². The molecule has 5 heteroatoms. The number of terminal acetylenes is 1. The van der Waals surface area contributed by atoms with Crippen LogP contribution in [0, 0.1) is 12.3 Å². The average Bonchev–Trinajstić information content (AvgIpc) is 2.96. The molecule has 0 fully saturated rings. The third kappa shape index (κ3) is 2.65. The van der Waals surface area contributed by atoms with Gasteiger partial charge in [-0.2, -0.15) is 0 Å². The second-order valence-corrected chi connectivity index (χ2v) is 5.16. The number of nitrogens with one attached hydrogen (secondary N) is 2. The lowest BCUT2D eigenvalue weighted by atomic mass is 10.1. The van der Waals surface area contributed by atoms with Crippen molar-refractivity contribution in [3.8, 4) is 23.5 Å². The molecule has 0 aliphatic heterocycles. The third-order valence-corrected chi connectivity index (χ3v) is 3.67. The van der Waals surface area contributed by atoms with Gasteiger partial charge in [-0.1, -0.05) is 12.1 Å². The molecule has 3 rings (SSSR count). The van der Waals surface area contributed by atoms with Gasteiger partial charge in [-0.15, -0.1) is 15.7 Å². The Bertz CT molecular complexity index is 877. The molecule has 2 heterocycles. The van der Waals surface area contributed by atoms with Crippen LogP contribution >= 0.6 is 9.24 Å². The largest absolute Gasteiger partial charge is 0.346 e. The van der Waals surface area contributed by atoms with E-state index in [0.717, 1.165) is 27.5 Å². The third-order valence-electron chi connectivity index (χ3n) is 3.17. The van der Waals surface area contributed by atoms with Gasteiger partial charge in [-0.05, 0) is 35.0 Å². The smallest absolute Gasteiger partial charge is 0.300 e. The van der Waals surface area contributed by atoms with Crippen molar-refractivity contribution >= 4 is 37.2 Å². The Balaban J connectivity index is 2.03. The molecule has 0 bridgehead atoms. The van der Waals surface area contributed by atoms with Crippen LogP contribution < -0.4 is 10.6 Å². The van der Waals surface area contributed by atoms with Gasteiger partial charge in [0.05, 0.1) is 0 Å². The molecular formula is C16H12N3OP. The number of hydrogen-bond donors (Lipinski definition) is 2. The lowest BCUT2D eigenvalue weighted by Gasteiger charge is -2.09. The van der Waals surface area contributed by atoms with E-state index in [1.807, 2.05) is 42.4 Å². The zero-order valence-corrected chi connectivity index (χ0v) is 12.2. The summed E-state index contributed by atoms with van der Waals surface area (Å²) in [5, 5.41) is 4.59. The van der Waals surface area contributed by atoms with Crippen molar-refractivity contribution in [3.05, 3.63) is 42.7 Å². The highest BCUT2D eigenvalue weighted by Gasteiger charge is 2.06. The van der Waals surface area contributed by atoms with Gasteiger partial charge >= 0.3 is 0 Å². The van der Waals surface area contributed by atoms with Crippen LogP contribution in [0.2, 0.25) is 0 Å². The Morgan fingerprint density at radius 2 is 2.14 bits per heavy atom. The molecule has 1 unspecified atom stereocenters. The number of carbonyl (C=O) groups excluding carboxylic acids is 1. The Hall–Kier alpha value is -2.63. The molecule has 102 valence electrons. The first-order valence-corrected chi connectivity index (χ1v) is 6.86. The van der Waals surface area contributed by atoms with Crippen molar-refractivity contribution in [2.24, 2.45) is 0 Å². The van der Waals surface area contributed by atoms with Gasteiger partial charge in [0.15, 0.2) is 0 Å². The van der Waals surface area contributed by atoms with Crippen LogP contribution in [-0.2, 0) is 4.79 Å². The second-order valence-electron chi connectivity index (χ2n) is 4.54. The number of rotatable bonds is 2. The molecule has 2 aromatic heterocycles. The molecule has 2 N–H and O–H groups in total. The van der Waals surface area contributed by atoms with Gasteiger partial charge < -0.3 is 10.3 Å². The number of hydrogen-bond acceptors (Lipinski definition) is 2. The number of fused-ring (bicyclic) bond motifs is 1. The highest BCUT2D eigenvalue weighted by Crippen LogP contribution is 2.24. The molecule has 21 heavy (non-hydrogen) atoms. The molecule has 4 nitrogen and oxygen atoms in total. The summed E-state index contributed by atoms with van der Waals surface area (Å²) < 4.78 is 0. The number of benzene rings is 1. The van der Waals surface area contributed by atoms with E-state index in [1.54, 1.807) is 6.20 Å². The molecule has 1 aromatic carbocycles. The molecule has 0 saturated heterocycles. The van der Waals surface area contributed by atoms with Crippen molar-refractivity contribution < 1.29 is 4.79 Å². The van der Waals surface area contributed by atoms with Gasteiger partial charge in [0.1, 0.15) is 5.65 Å². The lowest BCUT2D eigenvalue weighted by molar-refractivity contribution is -0.111. The number of H-pyrrole nitrogens is 1. The average molecular weight is 293 g/mol. The first-order chi connectivity index (χ1) is 10.2. The van der Waals surface area contributed by atoms with Gasteiger partial charge in [-0.3, -0.25) is 4.79 Å². The summed E-state index contributed by atoms with van der Waals surface area (Å²) in [6.45, 7) is 0. The van der Waals surface area contributed by atoms with Crippen LogP contribution in [0.15, 0.2) is 42.7 Å². The monoisotopic (exact) mass is 293 g/mol. The molecule has 0 aliphatic carbocycles. The van der Waals surface area contributed by atoms with Crippen LogP contribution in [0.25, 0.3) is 22.2 Å². The number of aromatic nitrogens is 2. The zero-order chi connectivity index (χ0) is 14.8. The quantitative estimate of drug-likeness (QED) is 0.562. The van der Waals surface area contributed by atoms with E-state index in [-0.39, 0.29) is 0 Å². The van der Waals surface area contributed by atoms with Gasteiger partial charge in [0, 0.05) is 29.0 Å². The Kier molecular flexibility index (Phi) is 3.43. The highest BCUT2D eigenvalue weighted by atomic mass is 31.0. The standard InChI is InChI=1S/C16H12N3OP/c1-2-15(20)19-13-8-10(3-4-14(13)21)12-7-11-5-6-17-16(11)18-9-12/h1,3-9H,21H2,(H,17,18)(H,19,20). The number of amides is 1. The van der Waals surface area contributed by atoms with Gasteiger partial charge in [-0.25, -0.2) is 4.98 Å². The summed E-state index contributed by atoms with van der Waals surface area (Å²) in [4.78, 5) is 18.8. The Labute approximate surface area is 124 Å². The molecule has 0 spiro atoms. The van der Waals surface area contributed by atoms with E-state index >= 15 is 0 Å². The molecule has 1 atom stereocenters. The van der Waals surface area contributed by atoms with Crippen molar-refractivity contribution in [1.29, 1.82) is 0 Å². The first kappa shape index (κ1) is 13.4. The molecule has 0 radical (unpaired) electrons. The minimum atomic E-state index is -0.463. The van der Waals surface area contributed by atoms with E-state index in [4.69, 9.17) is 6.42 Å². The topological polar surface area (TPSA) is 57.8 Å². The number of nitrogens with zero attached hydrogens (tertiary/aromatic N) is 1. The number of carbonyl (C=O) groups is 1. The van der Waals surface area contributed by atoms with Crippen LogP contribution in [-0.4, -0.2) is 15.9 Å². The second kappa shape index (κ2) is 5.40. The minimum absolute atomic E-state index is 0.463. The maximum absolute atomic E-state index is 11.3. The van der Waals surface area contributed by atoms with Crippen molar-refractivity contribution in [1.82, 2.24) is 9.97 Å². The predicted molar refractivity (Wildman–Crippen MR) is 88.3 cm³/mol. The van der Waals surface area contributed by atoms with E-state index < -0.39 is 5.91 Å². The fourth-order valence-corrected chi connectivity index (χ4v) is 2.35. The number of pyridine rings is 1. The minimum Gasteiger partial charge on any atom is -0.346 e. The lowest BCUT2D eigenvalue weighted by Crippen LogP contribution is -2.13. The van der Waals surface area contributed by atoms with Crippen molar-refractivity contribution in [2.75, 3.05) is 5.32 Å². The molecular weight excluding hydrogens is 281 g/mol. The number of aromatic amines is 1. The summed E-state index contributed by atoms with van der Waals surface area (Å²) in [5.74, 6) is 1.58. The molecule has 1 amide bonds. The molecule has 0 aliphatic rings.